The third-order valence-electron chi connectivity index (χ3n) is 3.39. The molecule has 2 aromatic carbocycles. The average molecular weight is 370 g/mol. The average Bonchev–Trinajstić information content (AvgIpc) is 2.54. The predicted molar refractivity (Wildman–Crippen MR) is 82.3 cm³/mol. The van der Waals surface area contributed by atoms with Gasteiger partial charge < -0.3 is 15.5 Å². The summed E-state index contributed by atoms with van der Waals surface area (Å²) in [4.78, 5) is 10.8. The summed E-state index contributed by atoms with van der Waals surface area (Å²) < 4.78 is 24.8. The molecule has 0 bridgehead atoms. The van der Waals surface area contributed by atoms with E-state index < -0.39 is 37.7 Å². The van der Waals surface area contributed by atoms with Crippen molar-refractivity contribution in [1.29, 1.82) is 0 Å². The Bertz CT molecular complexity index is 878. The summed E-state index contributed by atoms with van der Waals surface area (Å²) in [5, 5.41) is 46.3. The molecule has 134 valence electrons. The third kappa shape index (κ3) is 4.37. The van der Waals surface area contributed by atoms with Gasteiger partial charge in [-0.2, -0.15) is 10.5 Å². The highest BCUT2D eigenvalue weighted by Gasteiger charge is 2.22. The predicted octanol–water partition coefficient (Wildman–Crippen LogP) is -0.834. The van der Waals surface area contributed by atoms with E-state index in [9.17, 15) is 28.8 Å². The van der Waals surface area contributed by atoms with Crippen LogP contribution in [0.4, 0.5) is 11.4 Å². The van der Waals surface area contributed by atoms with Crippen molar-refractivity contribution in [2.75, 3.05) is 0 Å². The molecule has 0 aliphatic rings. The lowest BCUT2D eigenvalue weighted by Gasteiger charge is -2.16. The zero-order valence-corrected chi connectivity index (χ0v) is 13.4. The molecule has 0 aliphatic carbocycles. The molecule has 0 spiro atoms. The minimum absolute atomic E-state index is 0.0696. The smallest absolute Gasteiger partial charge is 0.335 e. The van der Waals surface area contributed by atoms with E-state index in [2.05, 4.69) is 0 Å². The molecule has 5 N–H and O–H groups in total. The fourth-order valence-electron chi connectivity index (χ4n) is 2.13. The summed E-state index contributed by atoms with van der Waals surface area (Å²) in [6, 6.07) is 7.63. The molecule has 2 aromatic rings. The van der Waals surface area contributed by atoms with Gasteiger partial charge in [0, 0.05) is 23.8 Å². The molecule has 0 heterocycles. The van der Waals surface area contributed by atoms with Crippen LogP contribution < -0.4 is 10.5 Å². The molecule has 0 radical (unpaired) electrons. The number of carbonyl (C=O) groups is 1. The Kier molecular flexibility index (Phi) is 5.49. The van der Waals surface area contributed by atoms with Crippen molar-refractivity contribution >= 4 is 27.2 Å². The van der Waals surface area contributed by atoms with Crippen LogP contribution in [0.5, 0.6) is 0 Å². The van der Waals surface area contributed by atoms with Gasteiger partial charge in [0.15, 0.2) is 21.2 Å². The van der Waals surface area contributed by atoms with Crippen molar-refractivity contribution in [3.63, 3.8) is 0 Å². The summed E-state index contributed by atoms with van der Waals surface area (Å²) >= 11 is 0. The summed E-state index contributed by atoms with van der Waals surface area (Å²) in [5.74, 6) is -2.00. The second-order valence-corrected chi connectivity index (χ2v) is 7.06. The molecule has 11 heteroatoms. The first-order valence-electron chi connectivity index (χ1n) is 6.77. The van der Waals surface area contributed by atoms with Gasteiger partial charge >= 0.3 is 5.97 Å². The van der Waals surface area contributed by atoms with Crippen LogP contribution in [0.2, 0.25) is 0 Å². The number of hydrogen-bond donors (Lipinski definition) is 5. The highest BCUT2D eigenvalue weighted by atomic mass is 32.2. The monoisotopic (exact) mass is 370 g/mol. The number of nitrogens with one attached hydrogen (secondary N) is 2. The molecular formula is C14H14N2O8S. The lowest BCUT2D eigenvalue weighted by molar-refractivity contribution is -0.991. The first-order valence-corrected chi connectivity index (χ1v) is 8.42. The molecule has 2 unspecified atom stereocenters. The van der Waals surface area contributed by atoms with Crippen LogP contribution in [-0.2, 0) is 15.6 Å². The van der Waals surface area contributed by atoms with Gasteiger partial charge in [-0.15, -0.1) is 0 Å². The van der Waals surface area contributed by atoms with E-state index in [4.69, 9.17) is 10.3 Å². The number of carboxylic acid groups (broad SMARTS) is 1. The van der Waals surface area contributed by atoms with Crippen LogP contribution in [0.3, 0.4) is 0 Å². The van der Waals surface area contributed by atoms with Crippen LogP contribution >= 0.6 is 0 Å². The third-order valence-corrected chi connectivity index (χ3v) is 5.07. The van der Waals surface area contributed by atoms with Crippen LogP contribution in [0, 0.1) is 10.4 Å². The van der Waals surface area contributed by atoms with Crippen molar-refractivity contribution in [2.24, 2.45) is 0 Å². The Hall–Kier alpha value is -2.38. The number of quaternary nitrogens is 2. The van der Waals surface area contributed by atoms with Gasteiger partial charge in [-0.05, 0) is 18.2 Å². The normalized spacial score (nSPS) is 14.1. The Morgan fingerprint density at radius 1 is 1.00 bits per heavy atom. The highest BCUT2D eigenvalue weighted by Crippen LogP contribution is 2.22. The van der Waals surface area contributed by atoms with Crippen molar-refractivity contribution < 1.29 is 39.2 Å². The summed E-state index contributed by atoms with van der Waals surface area (Å²) in [6.07, 6.45) is 0. The lowest BCUT2D eigenvalue weighted by Crippen LogP contribution is -2.99. The van der Waals surface area contributed by atoms with E-state index in [1.54, 1.807) is 0 Å². The molecule has 25 heavy (non-hydrogen) atoms. The van der Waals surface area contributed by atoms with Crippen LogP contribution in [0.25, 0.3) is 0 Å². The molecule has 0 aliphatic heterocycles. The molecule has 10 nitrogen and oxygen atoms in total. The summed E-state index contributed by atoms with van der Waals surface area (Å²) in [5.41, 5.74) is -0.856. The van der Waals surface area contributed by atoms with E-state index in [1.165, 1.54) is 0 Å². The molecule has 0 aromatic heterocycles. The number of carboxylic acids is 1. The van der Waals surface area contributed by atoms with Crippen LogP contribution in [0.1, 0.15) is 15.9 Å². The standard InChI is InChI=1S/C14H14N2O8S/c17-14(18)9-1-2-10(13(7-9)16(21)22)8-25(23,24)12-5-3-11(4-6-12)15(19)20/h1-7,15-16,19,21H,8H2,(H,17,18). The number of aromatic carboxylic acids is 1. The number of rotatable bonds is 6. The van der Waals surface area contributed by atoms with Gasteiger partial charge in [0.05, 0.1) is 16.2 Å². The van der Waals surface area contributed by atoms with E-state index in [1.807, 2.05) is 0 Å². The van der Waals surface area contributed by atoms with Crippen molar-refractivity contribution in [2.45, 2.75) is 10.6 Å². The Labute approximate surface area is 141 Å². The molecule has 0 saturated heterocycles. The minimum atomic E-state index is -3.95. The Morgan fingerprint density at radius 3 is 2.08 bits per heavy atom. The van der Waals surface area contributed by atoms with E-state index in [-0.39, 0.29) is 21.7 Å². The first-order chi connectivity index (χ1) is 11.6. The first kappa shape index (κ1) is 19.0. The van der Waals surface area contributed by atoms with Gasteiger partial charge in [0.1, 0.15) is 0 Å². The maximum absolute atomic E-state index is 12.4. The zero-order chi connectivity index (χ0) is 18.8. The second-order valence-electron chi connectivity index (χ2n) is 5.07. The van der Waals surface area contributed by atoms with Crippen molar-refractivity contribution in [1.82, 2.24) is 0 Å². The number of hydrogen-bond acceptors (Lipinski definition) is 7. The maximum atomic E-state index is 12.4. The largest absolute Gasteiger partial charge is 0.595 e. The summed E-state index contributed by atoms with van der Waals surface area (Å²) in [7, 11) is -3.95. The molecule has 2 atom stereocenters. The molecule has 2 rings (SSSR count). The quantitative estimate of drug-likeness (QED) is 0.411. The molecular weight excluding hydrogens is 356 g/mol. The van der Waals surface area contributed by atoms with Gasteiger partial charge in [-0.1, -0.05) is 6.07 Å². The van der Waals surface area contributed by atoms with Gasteiger partial charge in [0.25, 0.3) is 0 Å². The number of sulfone groups is 1. The van der Waals surface area contributed by atoms with Gasteiger partial charge in [-0.3, -0.25) is 0 Å². The minimum Gasteiger partial charge on any atom is -0.595 e. The maximum Gasteiger partial charge on any atom is 0.335 e. The van der Waals surface area contributed by atoms with E-state index in [0.29, 0.717) is 0 Å². The Morgan fingerprint density at radius 2 is 1.60 bits per heavy atom. The second kappa shape index (κ2) is 7.25. The molecule has 0 amide bonds. The van der Waals surface area contributed by atoms with Gasteiger partial charge in [0.2, 0.25) is 0 Å². The molecule has 0 fully saturated rings. The number of benzene rings is 2. The lowest BCUT2D eigenvalue weighted by atomic mass is 10.1. The fraction of sp³-hybridized carbons (Fsp3) is 0.0714. The van der Waals surface area contributed by atoms with E-state index >= 15 is 0 Å². The van der Waals surface area contributed by atoms with Crippen LogP contribution in [0.15, 0.2) is 47.4 Å². The van der Waals surface area contributed by atoms with Crippen LogP contribution in [-0.4, -0.2) is 29.9 Å². The van der Waals surface area contributed by atoms with Gasteiger partial charge in [-0.25, -0.2) is 23.6 Å². The Balaban J connectivity index is 2.38. The SMILES string of the molecule is O=C(O)c1ccc(CS(=O)(=O)c2ccc([NH+]([O-])O)cc2)c([NH+]([O-])O)c1. The topological polar surface area (TPSA) is 167 Å². The van der Waals surface area contributed by atoms with E-state index in [0.717, 1.165) is 42.5 Å². The summed E-state index contributed by atoms with van der Waals surface area (Å²) in [6.45, 7) is 0. The molecule has 0 saturated carbocycles. The zero-order valence-electron chi connectivity index (χ0n) is 12.5. The van der Waals surface area contributed by atoms with Crippen molar-refractivity contribution in [3.8, 4) is 0 Å². The van der Waals surface area contributed by atoms with Crippen molar-refractivity contribution in [3.05, 3.63) is 64.0 Å². The fourth-order valence-corrected chi connectivity index (χ4v) is 3.51. The highest BCUT2D eigenvalue weighted by molar-refractivity contribution is 7.90.